The molecule has 1 unspecified atom stereocenters. The van der Waals surface area contributed by atoms with Crippen LogP contribution in [0.1, 0.15) is 13.8 Å². The molecule has 0 radical (unpaired) electrons. The van der Waals surface area contributed by atoms with E-state index in [9.17, 15) is 0 Å². The molecule has 0 saturated carbocycles. The summed E-state index contributed by atoms with van der Waals surface area (Å²) in [6, 6.07) is 0.536. The van der Waals surface area contributed by atoms with Crippen molar-refractivity contribution in [1.29, 1.82) is 5.26 Å². The summed E-state index contributed by atoms with van der Waals surface area (Å²) in [5.74, 6) is 0. The molecule has 1 fully saturated rings. The number of piperazine rings is 1. The lowest BCUT2D eigenvalue weighted by Gasteiger charge is -2.36. The monoisotopic (exact) mass is 153 g/mol. The Balaban J connectivity index is 2.42. The van der Waals surface area contributed by atoms with Gasteiger partial charge in [-0.1, -0.05) is 6.92 Å². The summed E-state index contributed by atoms with van der Waals surface area (Å²) in [5, 5.41) is 8.63. The molecule has 0 bridgehead atoms. The molecule has 1 atom stereocenters. The molecule has 62 valence electrons. The Labute approximate surface area is 68.2 Å². The van der Waals surface area contributed by atoms with Crippen LogP contribution in [0, 0.1) is 11.5 Å². The summed E-state index contributed by atoms with van der Waals surface area (Å²) in [4.78, 5) is 4.23. The zero-order valence-electron chi connectivity index (χ0n) is 7.25. The molecule has 0 aromatic heterocycles. The van der Waals surface area contributed by atoms with Crippen molar-refractivity contribution in [2.45, 2.75) is 19.9 Å². The van der Waals surface area contributed by atoms with Gasteiger partial charge in [0, 0.05) is 25.7 Å². The standard InChI is InChI=1S/C8H15N3/c1-3-11-5-4-10(7-9)6-8(11)2/h8H,3-6H2,1-2H3. The molecular weight excluding hydrogens is 138 g/mol. The van der Waals surface area contributed by atoms with Crippen molar-refractivity contribution in [2.24, 2.45) is 0 Å². The number of rotatable bonds is 1. The number of hydrogen-bond donors (Lipinski definition) is 0. The van der Waals surface area contributed by atoms with E-state index in [1.807, 2.05) is 4.90 Å². The molecule has 1 aliphatic rings. The topological polar surface area (TPSA) is 30.3 Å². The van der Waals surface area contributed by atoms with E-state index in [-0.39, 0.29) is 0 Å². The van der Waals surface area contributed by atoms with Crippen molar-refractivity contribution < 1.29 is 0 Å². The molecule has 0 amide bonds. The first-order valence-corrected chi connectivity index (χ1v) is 4.16. The second kappa shape index (κ2) is 3.59. The van der Waals surface area contributed by atoms with Gasteiger partial charge in [-0.2, -0.15) is 5.26 Å². The maximum atomic E-state index is 8.63. The van der Waals surface area contributed by atoms with Crippen LogP contribution in [0.2, 0.25) is 0 Å². The van der Waals surface area contributed by atoms with E-state index < -0.39 is 0 Å². The lowest BCUT2D eigenvalue weighted by atomic mass is 10.2. The summed E-state index contributed by atoms with van der Waals surface area (Å²) >= 11 is 0. The van der Waals surface area contributed by atoms with Crippen molar-refractivity contribution in [3.63, 3.8) is 0 Å². The van der Waals surface area contributed by atoms with Crippen LogP contribution in [0.5, 0.6) is 0 Å². The second-order valence-electron chi connectivity index (χ2n) is 3.02. The fraction of sp³-hybridized carbons (Fsp3) is 0.875. The highest BCUT2D eigenvalue weighted by molar-refractivity contribution is 4.84. The zero-order valence-corrected chi connectivity index (χ0v) is 7.25. The predicted octanol–water partition coefficient (Wildman–Crippen LogP) is 0.493. The van der Waals surface area contributed by atoms with Crippen molar-refractivity contribution in [3.8, 4) is 6.19 Å². The Morgan fingerprint density at radius 3 is 2.73 bits per heavy atom. The molecule has 1 heterocycles. The number of nitrogens with zero attached hydrogens (tertiary/aromatic N) is 3. The normalized spacial score (nSPS) is 26.6. The van der Waals surface area contributed by atoms with Crippen molar-refractivity contribution in [3.05, 3.63) is 0 Å². The highest BCUT2D eigenvalue weighted by Gasteiger charge is 2.20. The summed E-state index contributed by atoms with van der Waals surface area (Å²) < 4.78 is 0. The Morgan fingerprint density at radius 2 is 2.27 bits per heavy atom. The molecule has 0 aliphatic carbocycles. The Hall–Kier alpha value is -0.750. The highest BCUT2D eigenvalue weighted by Crippen LogP contribution is 2.06. The first kappa shape index (κ1) is 8.35. The minimum atomic E-state index is 0.536. The van der Waals surface area contributed by atoms with Crippen LogP contribution in [-0.4, -0.2) is 42.0 Å². The lowest BCUT2D eigenvalue weighted by Crippen LogP contribution is -2.49. The smallest absolute Gasteiger partial charge is 0.179 e. The van der Waals surface area contributed by atoms with Crippen LogP contribution in [0.15, 0.2) is 0 Å². The van der Waals surface area contributed by atoms with E-state index in [4.69, 9.17) is 5.26 Å². The quantitative estimate of drug-likeness (QED) is 0.514. The third kappa shape index (κ3) is 1.84. The zero-order chi connectivity index (χ0) is 8.27. The van der Waals surface area contributed by atoms with E-state index in [1.54, 1.807) is 0 Å². The van der Waals surface area contributed by atoms with E-state index in [0.717, 1.165) is 26.2 Å². The van der Waals surface area contributed by atoms with E-state index >= 15 is 0 Å². The molecule has 11 heavy (non-hydrogen) atoms. The van der Waals surface area contributed by atoms with E-state index in [2.05, 4.69) is 24.9 Å². The minimum absolute atomic E-state index is 0.536. The Morgan fingerprint density at radius 1 is 1.55 bits per heavy atom. The summed E-state index contributed by atoms with van der Waals surface area (Å²) in [6.07, 6.45) is 2.19. The maximum Gasteiger partial charge on any atom is 0.179 e. The van der Waals surface area contributed by atoms with Gasteiger partial charge in [0.15, 0.2) is 6.19 Å². The predicted molar refractivity (Wildman–Crippen MR) is 43.9 cm³/mol. The summed E-state index contributed by atoms with van der Waals surface area (Å²) in [6.45, 7) is 8.26. The van der Waals surface area contributed by atoms with Gasteiger partial charge in [-0.25, -0.2) is 0 Å². The van der Waals surface area contributed by atoms with Gasteiger partial charge in [0.05, 0.1) is 0 Å². The van der Waals surface area contributed by atoms with Gasteiger partial charge in [-0.3, -0.25) is 4.90 Å². The minimum Gasteiger partial charge on any atom is -0.308 e. The fourth-order valence-electron chi connectivity index (χ4n) is 1.56. The maximum absolute atomic E-state index is 8.63. The first-order valence-electron chi connectivity index (χ1n) is 4.16. The Kier molecular flexibility index (Phi) is 2.72. The SMILES string of the molecule is CCN1CCN(C#N)CC1C. The molecule has 1 rings (SSSR count). The molecule has 0 aromatic carbocycles. The molecule has 0 spiro atoms. The van der Waals surface area contributed by atoms with Gasteiger partial charge >= 0.3 is 0 Å². The number of likely N-dealkylation sites (N-methyl/N-ethyl adjacent to an activating group) is 1. The average molecular weight is 153 g/mol. The summed E-state index contributed by atoms with van der Waals surface area (Å²) in [5.41, 5.74) is 0. The van der Waals surface area contributed by atoms with Crippen molar-refractivity contribution >= 4 is 0 Å². The van der Waals surface area contributed by atoms with E-state index in [1.165, 1.54) is 0 Å². The third-order valence-electron chi connectivity index (χ3n) is 2.31. The van der Waals surface area contributed by atoms with Gasteiger partial charge in [0.1, 0.15) is 0 Å². The largest absolute Gasteiger partial charge is 0.308 e. The van der Waals surface area contributed by atoms with Crippen molar-refractivity contribution in [2.75, 3.05) is 26.2 Å². The van der Waals surface area contributed by atoms with Gasteiger partial charge < -0.3 is 4.90 Å². The van der Waals surface area contributed by atoms with Crippen LogP contribution in [0.25, 0.3) is 0 Å². The van der Waals surface area contributed by atoms with E-state index in [0.29, 0.717) is 6.04 Å². The molecular formula is C8H15N3. The van der Waals surface area contributed by atoms with Crippen LogP contribution < -0.4 is 0 Å². The number of nitriles is 1. The molecule has 3 nitrogen and oxygen atoms in total. The second-order valence-corrected chi connectivity index (χ2v) is 3.02. The third-order valence-corrected chi connectivity index (χ3v) is 2.31. The number of hydrogen-bond acceptors (Lipinski definition) is 3. The molecule has 1 aliphatic heterocycles. The summed E-state index contributed by atoms with van der Waals surface area (Å²) in [7, 11) is 0. The average Bonchev–Trinajstić information content (AvgIpc) is 2.04. The van der Waals surface area contributed by atoms with Gasteiger partial charge in [-0.05, 0) is 13.5 Å². The molecule has 3 heteroatoms. The lowest BCUT2D eigenvalue weighted by molar-refractivity contribution is 0.122. The van der Waals surface area contributed by atoms with Crippen LogP contribution in [0.4, 0.5) is 0 Å². The van der Waals surface area contributed by atoms with Gasteiger partial charge in [0.25, 0.3) is 0 Å². The molecule has 0 N–H and O–H groups in total. The van der Waals surface area contributed by atoms with Crippen LogP contribution in [0.3, 0.4) is 0 Å². The first-order chi connectivity index (χ1) is 5.27. The fourth-order valence-corrected chi connectivity index (χ4v) is 1.56. The molecule has 0 aromatic rings. The highest BCUT2D eigenvalue weighted by atomic mass is 15.3. The Bertz CT molecular complexity index is 161. The van der Waals surface area contributed by atoms with Gasteiger partial charge in [-0.15, -0.1) is 0 Å². The van der Waals surface area contributed by atoms with Crippen LogP contribution >= 0.6 is 0 Å². The molecule has 1 saturated heterocycles. The van der Waals surface area contributed by atoms with Gasteiger partial charge in [0.2, 0.25) is 0 Å². The van der Waals surface area contributed by atoms with Crippen molar-refractivity contribution in [1.82, 2.24) is 9.80 Å². The van der Waals surface area contributed by atoms with Crippen LogP contribution in [-0.2, 0) is 0 Å².